The molecule has 1 aliphatic carbocycles. The molecule has 1 aromatic carbocycles. The lowest BCUT2D eigenvalue weighted by Gasteiger charge is -2.30. The van der Waals surface area contributed by atoms with Gasteiger partial charge in [-0.05, 0) is 50.2 Å². The van der Waals surface area contributed by atoms with Crippen LogP contribution in [0.2, 0.25) is 0 Å². The van der Waals surface area contributed by atoms with Gasteiger partial charge < -0.3 is 0 Å². The van der Waals surface area contributed by atoms with Gasteiger partial charge in [-0.15, -0.1) is 6.58 Å². The number of nitrogens with zero attached hydrogens (tertiary/aromatic N) is 3. The molecule has 0 radical (unpaired) electrons. The number of benzene rings is 1. The predicted molar refractivity (Wildman–Crippen MR) is 103 cm³/mol. The van der Waals surface area contributed by atoms with Crippen molar-refractivity contribution in [2.24, 2.45) is 17.8 Å². The molecule has 3 rings (SSSR count). The summed E-state index contributed by atoms with van der Waals surface area (Å²) in [4.78, 5) is 0.292. The number of fused-ring (bicyclic) bond motifs is 1. The van der Waals surface area contributed by atoms with Gasteiger partial charge in [-0.2, -0.15) is 14.8 Å². The van der Waals surface area contributed by atoms with E-state index >= 15 is 0 Å². The first kappa shape index (κ1) is 19.4. The molecule has 140 valence electrons. The molecule has 3 atom stereocenters. The molecule has 1 aromatic rings. The van der Waals surface area contributed by atoms with E-state index in [1.807, 2.05) is 6.92 Å². The van der Waals surface area contributed by atoms with Crippen LogP contribution < -0.4 is 0 Å². The Hall–Kier alpha value is -2.41. The van der Waals surface area contributed by atoms with Crippen LogP contribution in [0.5, 0.6) is 0 Å². The summed E-state index contributed by atoms with van der Waals surface area (Å²) in [5.41, 5.74) is 2.49. The fourth-order valence-corrected chi connectivity index (χ4v) is 5.73. The molecule has 0 saturated carbocycles. The third kappa shape index (κ3) is 3.56. The summed E-state index contributed by atoms with van der Waals surface area (Å²) in [5, 5.41) is 19.1. The van der Waals surface area contributed by atoms with E-state index in [9.17, 15) is 18.9 Å². The van der Waals surface area contributed by atoms with Gasteiger partial charge in [0.05, 0.1) is 23.0 Å². The van der Waals surface area contributed by atoms with Gasteiger partial charge in [-0.3, -0.25) is 0 Å². The Kier molecular flexibility index (Phi) is 5.51. The van der Waals surface area contributed by atoms with Gasteiger partial charge in [-0.1, -0.05) is 29.3 Å². The quantitative estimate of drug-likeness (QED) is 0.730. The molecule has 0 N–H and O–H groups in total. The Bertz CT molecular complexity index is 949. The highest BCUT2D eigenvalue weighted by atomic mass is 32.2. The van der Waals surface area contributed by atoms with E-state index in [4.69, 9.17) is 0 Å². The monoisotopic (exact) mass is 381 g/mol. The van der Waals surface area contributed by atoms with Gasteiger partial charge in [-0.25, -0.2) is 8.42 Å². The lowest BCUT2D eigenvalue weighted by Crippen LogP contribution is -2.29. The molecule has 5 nitrogen and oxygen atoms in total. The van der Waals surface area contributed by atoms with Crippen molar-refractivity contribution in [1.82, 2.24) is 4.31 Å². The predicted octanol–water partition coefficient (Wildman–Crippen LogP) is 3.56. The second-order valence-electron chi connectivity index (χ2n) is 7.30. The number of nitriles is 2. The zero-order valence-corrected chi connectivity index (χ0v) is 16.2. The molecule has 27 heavy (non-hydrogen) atoms. The van der Waals surface area contributed by atoms with E-state index < -0.39 is 15.9 Å². The zero-order valence-electron chi connectivity index (χ0n) is 15.4. The molecular weight excluding hydrogens is 358 g/mol. The molecule has 1 saturated heterocycles. The van der Waals surface area contributed by atoms with Crippen molar-refractivity contribution < 1.29 is 8.42 Å². The van der Waals surface area contributed by atoms with E-state index in [2.05, 4.69) is 18.7 Å². The van der Waals surface area contributed by atoms with E-state index in [1.54, 1.807) is 30.3 Å². The Balaban J connectivity index is 1.94. The van der Waals surface area contributed by atoms with Crippen molar-refractivity contribution in [2.45, 2.75) is 31.1 Å². The molecule has 0 spiro atoms. The first-order valence-electron chi connectivity index (χ1n) is 9.12. The van der Waals surface area contributed by atoms with E-state index in [-0.39, 0.29) is 11.8 Å². The summed E-state index contributed by atoms with van der Waals surface area (Å²) < 4.78 is 27.7. The molecule has 2 aliphatic rings. The Morgan fingerprint density at radius 3 is 2.56 bits per heavy atom. The van der Waals surface area contributed by atoms with Gasteiger partial charge in [0.15, 0.2) is 0 Å². The Morgan fingerprint density at radius 2 is 1.96 bits per heavy atom. The van der Waals surface area contributed by atoms with Crippen LogP contribution in [0.25, 0.3) is 0 Å². The van der Waals surface area contributed by atoms with Crippen molar-refractivity contribution in [3.05, 3.63) is 53.6 Å². The standard InChI is InChI=1S/C21H23N3O2S/c1-3-4-5-19-20(12-23)16(11-22)10-17-13-24(14-21(17)19)27(25,26)18-8-6-15(2)7-9-18/h3,6-9,16-17,21H,1,4-5,10,13-14H2,2H3/t16-,17-,21-/m1/s1. The highest BCUT2D eigenvalue weighted by Crippen LogP contribution is 2.45. The number of allylic oxidation sites excluding steroid dienone is 2. The minimum atomic E-state index is -3.58. The Labute approximate surface area is 161 Å². The molecule has 1 fully saturated rings. The summed E-state index contributed by atoms with van der Waals surface area (Å²) >= 11 is 0. The average Bonchev–Trinajstić information content (AvgIpc) is 3.10. The van der Waals surface area contributed by atoms with Crippen LogP contribution in [0, 0.1) is 47.3 Å². The number of aryl methyl sites for hydroxylation is 1. The van der Waals surface area contributed by atoms with Gasteiger partial charge in [0.1, 0.15) is 0 Å². The number of rotatable bonds is 5. The average molecular weight is 382 g/mol. The van der Waals surface area contributed by atoms with Crippen molar-refractivity contribution in [1.29, 1.82) is 10.5 Å². The highest BCUT2D eigenvalue weighted by Gasteiger charge is 2.45. The van der Waals surface area contributed by atoms with Crippen LogP contribution in [-0.4, -0.2) is 25.8 Å². The maximum atomic E-state index is 13.1. The topological polar surface area (TPSA) is 85.0 Å². The van der Waals surface area contributed by atoms with Crippen molar-refractivity contribution in [3.63, 3.8) is 0 Å². The normalized spacial score (nSPS) is 25.5. The van der Waals surface area contributed by atoms with Crippen molar-refractivity contribution in [3.8, 4) is 12.1 Å². The van der Waals surface area contributed by atoms with E-state index in [0.29, 0.717) is 42.8 Å². The largest absolute Gasteiger partial charge is 0.243 e. The summed E-state index contributed by atoms with van der Waals surface area (Å²) in [5.74, 6) is -0.366. The first-order chi connectivity index (χ1) is 12.9. The van der Waals surface area contributed by atoms with Crippen molar-refractivity contribution in [2.75, 3.05) is 13.1 Å². The zero-order chi connectivity index (χ0) is 19.6. The molecule has 0 amide bonds. The van der Waals surface area contributed by atoms with Gasteiger partial charge >= 0.3 is 0 Å². The van der Waals surface area contributed by atoms with Crippen LogP contribution in [0.3, 0.4) is 0 Å². The summed E-state index contributed by atoms with van der Waals surface area (Å²) in [6, 6.07) is 11.3. The van der Waals surface area contributed by atoms with Crippen LogP contribution in [0.1, 0.15) is 24.8 Å². The summed E-state index contributed by atoms with van der Waals surface area (Å²) in [7, 11) is -3.58. The van der Waals surface area contributed by atoms with Crippen LogP contribution in [-0.2, 0) is 10.0 Å². The smallest absolute Gasteiger partial charge is 0.207 e. The third-order valence-electron chi connectivity index (χ3n) is 5.64. The van der Waals surface area contributed by atoms with Gasteiger partial charge in [0.25, 0.3) is 0 Å². The number of hydrogen-bond acceptors (Lipinski definition) is 4. The fourth-order valence-electron chi connectivity index (χ4n) is 4.21. The van der Waals surface area contributed by atoms with Gasteiger partial charge in [0, 0.05) is 18.7 Å². The fraction of sp³-hybridized carbons (Fsp3) is 0.429. The molecule has 6 heteroatoms. The number of hydrogen-bond donors (Lipinski definition) is 0. The summed E-state index contributed by atoms with van der Waals surface area (Å²) in [6.07, 6.45) is 3.71. The van der Waals surface area contributed by atoms with E-state index in [1.165, 1.54) is 4.31 Å². The lowest BCUT2D eigenvalue weighted by molar-refractivity contribution is 0.370. The molecular formula is C21H23N3O2S. The minimum Gasteiger partial charge on any atom is -0.207 e. The van der Waals surface area contributed by atoms with Crippen LogP contribution in [0.4, 0.5) is 0 Å². The maximum Gasteiger partial charge on any atom is 0.243 e. The molecule has 0 unspecified atom stereocenters. The summed E-state index contributed by atoms with van der Waals surface area (Å²) in [6.45, 7) is 6.43. The first-order valence-corrected chi connectivity index (χ1v) is 10.6. The minimum absolute atomic E-state index is 0.00410. The lowest BCUT2D eigenvalue weighted by atomic mass is 9.71. The molecule has 1 aliphatic heterocycles. The number of sulfonamides is 1. The highest BCUT2D eigenvalue weighted by molar-refractivity contribution is 7.89. The second kappa shape index (κ2) is 7.68. The van der Waals surface area contributed by atoms with Crippen LogP contribution in [0.15, 0.2) is 53.0 Å². The maximum absolute atomic E-state index is 13.1. The Morgan fingerprint density at radius 1 is 1.26 bits per heavy atom. The molecule has 1 heterocycles. The van der Waals surface area contributed by atoms with Gasteiger partial charge in [0.2, 0.25) is 10.0 Å². The molecule has 0 bridgehead atoms. The van der Waals surface area contributed by atoms with Crippen LogP contribution >= 0.6 is 0 Å². The second-order valence-corrected chi connectivity index (χ2v) is 9.24. The van der Waals surface area contributed by atoms with E-state index in [0.717, 1.165) is 11.1 Å². The van der Waals surface area contributed by atoms with Crippen molar-refractivity contribution >= 4 is 10.0 Å². The molecule has 0 aromatic heterocycles. The third-order valence-corrected chi connectivity index (χ3v) is 7.49. The SMILES string of the molecule is C=CCCC1=C(C#N)[C@@H](C#N)C[C@@H]2CN(S(=O)(=O)c3ccc(C)cc3)C[C@@H]12.